The molecule has 82 valence electrons. The molecule has 1 aromatic rings. The minimum atomic E-state index is 0.880. The van der Waals surface area contributed by atoms with Crippen LogP contribution in [0, 0.1) is 0 Å². The molecule has 0 aromatic carbocycles. The third-order valence-electron chi connectivity index (χ3n) is 2.06. The van der Waals surface area contributed by atoms with E-state index in [1.165, 1.54) is 5.01 Å². The standard InChI is InChI=1S/C12H18N2S/c1-4-7-14(8-5-2)9-11-10-15-12(6-3)13-11/h4-5,10H,1-2,6-9H2,3H3. The van der Waals surface area contributed by atoms with Crippen LogP contribution < -0.4 is 0 Å². The van der Waals surface area contributed by atoms with Gasteiger partial charge in [0.2, 0.25) is 0 Å². The van der Waals surface area contributed by atoms with E-state index in [1.807, 2.05) is 12.2 Å². The molecule has 0 bridgehead atoms. The maximum absolute atomic E-state index is 4.54. The van der Waals surface area contributed by atoms with E-state index in [-0.39, 0.29) is 0 Å². The van der Waals surface area contributed by atoms with Crippen LogP contribution in [0.15, 0.2) is 30.7 Å². The quantitative estimate of drug-likeness (QED) is 0.659. The zero-order valence-electron chi connectivity index (χ0n) is 9.28. The number of nitrogens with zero attached hydrogens (tertiary/aromatic N) is 2. The van der Waals surface area contributed by atoms with Gasteiger partial charge in [0, 0.05) is 25.0 Å². The van der Waals surface area contributed by atoms with Gasteiger partial charge in [-0.15, -0.1) is 24.5 Å². The van der Waals surface area contributed by atoms with Crippen LogP contribution in [0.4, 0.5) is 0 Å². The van der Waals surface area contributed by atoms with E-state index in [0.29, 0.717) is 0 Å². The average Bonchev–Trinajstić information content (AvgIpc) is 2.66. The lowest BCUT2D eigenvalue weighted by Gasteiger charge is -2.16. The summed E-state index contributed by atoms with van der Waals surface area (Å²) in [6, 6.07) is 0. The Balaban J connectivity index is 2.55. The monoisotopic (exact) mass is 222 g/mol. The lowest BCUT2D eigenvalue weighted by atomic mass is 10.4. The molecule has 2 nitrogen and oxygen atoms in total. The van der Waals surface area contributed by atoms with Crippen LogP contribution in [0.2, 0.25) is 0 Å². The molecular formula is C12H18N2S. The second-order valence-corrected chi connectivity index (χ2v) is 4.30. The summed E-state index contributed by atoms with van der Waals surface area (Å²) in [5.74, 6) is 0. The van der Waals surface area contributed by atoms with Crippen molar-refractivity contribution >= 4 is 11.3 Å². The van der Waals surface area contributed by atoms with Gasteiger partial charge in [-0.25, -0.2) is 4.98 Å². The molecule has 1 heterocycles. The molecule has 0 radical (unpaired) electrons. The molecule has 1 aromatic heterocycles. The van der Waals surface area contributed by atoms with Gasteiger partial charge in [0.1, 0.15) is 0 Å². The first-order valence-electron chi connectivity index (χ1n) is 5.17. The van der Waals surface area contributed by atoms with Crippen molar-refractivity contribution in [2.45, 2.75) is 19.9 Å². The number of thiazole rings is 1. The van der Waals surface area contributed by atoms with Crippen LogP contribution in [0.5, 0.6) is 0 Å². The summed E-state index contributed by atoms with van der Waals surface area (Å²) in [6.45, 7) is 12.3. The molecule has 0 N–H and O–H groups in total. The van der Waals surface area contributed by atoms with E-state index in [9.17, 15) is 0 Å². The van der Waals surface area contributed by atoms with Gasteiger partial charge in [-0.2, -0.15) is 0 Å². The third kappa shape index (κ3) is 3.98. The molecule has 15 heavy (non-hydrogen) atoms. The molecule has 0 unspecified atom stereocenters. The summed E-state index contributed by atoms with van der Waals surface area (Å²) in [5.41, 5.74) is 1.15. The molecule has 0 aliphatic rings. The van der Waals surface area contributed by atoms with E-state index in [1.54, 1.807) is 11.3 Å². The van der Waals surface area contributed by atoms with Crippen molar-refractivity contribution in [3.8, 4) is 0 Å². The third-order valence-corrected chi connectivity index (χ3v) is 3.10. The predicted octanol–water partition coefficient (Wildman–Crippen LogP) is 2.88. The van der Waals surface area contributed by atoms with Crippen molar-refractivity contribution < 1.29 is 0 Å². The Morgan fingerprint density at radius 3 is 2.53 bits per heavy atom. The molecule has 0 aliphatic heterocycles. The Morgan fingerprint density at radius 1 is 1.40 bits per heavy atom. The van der Waals surface area contributed by atoms with Crippen molar-refractivity contribution in [1.29, 1.82) is 0 Å². The van der Waals surface area contributed by atoms with Gasteiger partial charge in [0.05, 0.1) is 10.7 Å². The highest BCUT2D eigenvalue weighted by atomic mass is 32.1. The van der Waals surface area contributed by atoms with Crippen LogP contribution in [0.25, 0.3) is 0 Å². The molecule has 0 atom stereocenters. The topological polar surface area (TPSA) is 16.1 Å². The van der Waals surface area contributed by atoms with Gasteiger partial charge in [-0.3, -0.25) is 4.90 Å². The number of aromatic nitrogens is 1. The van der Waals surface area contributed by atoms with E-state index in [0.717, 1.165) is 31.7 Å². The van der Waals surface area contributed by atoms with Crippen molar-refractivity contribution in [1.82, 2.24) is 9.88 Å². The van der Waals surface area contributed by atoms with Crippen LogP contribution in [0.1, 0.15) is 17.6 Å². The van der Waals surface area contributed by atoms with Crippen molar-refractivity contribution in [2.75, 3.05) is 13.1 Å². The summed E-state index contributed by atoms with van der Waals surface area (Å²) in [6.07, 6.45) is 4.85. The van der Waals surface area contributed by atoms with Gasteiger partial charge in [-0.1, -0.05) is 19.1 Å². The summed E-state index contributed by atoms with van der Waals surface area (Å²) in [5, 5.41) is 3.35. The van der Waals surface area contributed by atoms with Crippen molar-refractivity contribution in [3.05, 3.63) is 41.4 Å². The number of rotatable bonds is 7. The van der Waals surface area contributed by atoms with Crippen LogP contribution in [-0.4, -0.2) is 23.0 Å². The maximum Gasteiger partial charge on any atom is 0.0926 e. The first-order chi connectivity index (χ1) is 7.30. The first-order valence-corrected chi connectivity index (χ1v) is 6.05. The largest absolute Gasteiger partial charge is 0.290 e. The molecule has 0 aliphatic carbocycles. The summed E-state index contributed by atoms with van der Waals surface area (Å²) < 4.78 is 0. The highest BCUT2D eigenvalue weighted by Crippen LogP contribution is 2.12. The molecule has 0 saturated heterocycles. The van der Waals surface area contributed by atoms with E-state index < -0.39 is 0 Å². The van der Waals surface area contributed by atoms with Crippen LogP contribution >= 0.6 is 11.3 Å². The van der Waals surface area contributed by atoms with E-state index >= 15 is 0 Å². The number of hydrogen-bond donors (Lipinski definition) is 0. The highest BCUT2D eigenvalue weighted by Gasteiger charge is 2.05. The van der Waals surface area contributed by atoms with Gasteiger partial charge >= 0.3 is 0 Å². The van der Waals surface area contributed by atoms with Crippen LogP contribution in [-0.2, 0) is 13.0 Å². The molecule has 0 fully saturated rings. The maximum atomic E-state index is 4.54. The fourth-order valence-corrected chi connectivity index (χ4v) is 2.12. The Kier molecular flexibility index (Phi) is 5.29. The lowest BCUT2D eigenvalue weighted by Crippen LogP contribution is -2.23. The summed E-state index contributed by atoms with van der Waals surface area (Å²) in [4.78, 5) is 6.80. The zero-order valence-corrected chi connectivity index (χ0v) is 10.1. The second-order valence-electron chi connectivity index (χ2n) is 3.36. The Morgan fingerprint density at radius 2 is 2.07 bits per heavy atom. The van der Waals surface area contributed by atoms with E-state index in [2.05, 4.69) is 35.3 Å². The Hall–Kier alpha value is -0.930. The second kappa shape index (κ2) is 6.53. The fourth-order valence-electron chi connectivity index (χ4n) is 1.38. The van der Waals surface area contributed by atoms with Gasteiger partial charge in [0.15, 0.2) is 0 Å². The predicted molar refractivity (Wildman–Crippen MR) is 67.2 cm³/mol. The van der Waals surface area contributed by atoms with Crippen molar-refractivity contribution in [3.63, 3.8) is 0 Å². The number of aryl methyl sites for hydroxylation is 1. The highest BCUT2D eigenvalue weighted by molar-refractivity contribution is 7.09. The van der Waals surface area contributed by atoms with Gasteiger partial charge in [-0.05, 0) is 6.42 Å². The lowest BCUT2D eigenvalue weighted by molar-refractivity contribution is 0.324. The SMILES string of the molecule is C=CCN(CC=C)Cc1csc(CC)n1. The average molecular weight is 222 g/mol. The minimum absolute atomic E-state index is 0.880. The smallest absolute Gasteiger partial charge is 0.0926 e. The number of hydrogen-bond acceptors (Lipinski definition) is 3. The first kappa shape index (κ1) is 12.1. The molecular weight excluding hydrogens is 204 g/mol. The molecule has 3 heteroatoms. The van der Waals surface area contributed by atoms with E-state index in [4.69, 9.17) is 0 Å². The van der Waals surface area contributed by atoms with Gasteiger partial charge in [0.25, 0.3) is 0 Å². The molecule has 0 spiro atoms. The summed E-state index contributed by atoms with van der Waals surface area (Å²) >= 11 is 1.74. The van der Waals surface area contributed by atoms with Crippen molar-refractivity contribution in [2.24, 2.45) is 0 Å². The van der Waals surface area contributed by atoms with Crippen LogP contribution in [0.3, 0.4) is 0 Å². The Labute approximate surface area is 96.0 Å². The molecule has 0 amide bonds. The summed E-state index contributed by atoms with van der Waals surface area (Å²) in [7, 11) is 0. The minimum Gasteiger partial charge on any atom is -0.290 e. The fraction of sp³-hybridized carbons (Fsp3) is 0.417. The van der Waals surface area contributed by atoms with Gasteiger partial charge < -0.3 is 0 Å². The zero-order chi connectivity index (χ0) is 11.1. The normalized spacial score (nSPS) is 10.5. The molecule has 1 rings (SSSR count). The Bertz CT molecular complexity index is 307. The molecule has 0 saturated carbocycles.